The van der Waals surface area contributed by atoms with E-state index in [1.807, 2.05) is 0 Å². The fourth-order valence-electron chi connectivity index (χ4n) is 2.18. The van der Waals surface area contributed by atoms with Crippen molar-refractivity contribution in [1.82, 2.24) is 0 Å². The summed E-state index contributed by atoms with van der Waals surface area (Å²) < 4.78 is 46.1. The second kappa shape index (κ2) is 5.41. The Hall–Kier alpha value is -2.01. The second-order valence-corrected chi connectivity index (χ2v) is 5.15. The van der Waals surface area contributed by atoms with Gasteiger partial charge in [-0.2, -0.15) is 0 Å². The number of benzene rings is 2. The Morgan fingerprint density at radius 1 is 1.05 bits per heavy atom. The van der Waals surface area contributed by atoms with Gasteiger partial charge in [0.1, 0.15) is 23.2 Å². The molecule has 1 saturated carbocycles. The first-order valence-corrected chi connectivity index (χ1v) is 6.71. The summed E-state index contributed by atoms with van der Waals surface area (Å²) in [5, 5.41) is 0. The minimum Gasteiger partial charge on any atom is -0.490 e. The van der Waals surface area contributed by atoms with Gasteiger partial charge >= 0.3 is 0 Å². The first-order chi connectivity index (χ1) is 10.0. The molecule has 0 heterocycles. The lowest BCUT2D eigenvalue weighted by atomic mass is 9.98. The van der Waals surface area contributed by atoms with Crippen molar-refractivity contribution in [3.05, 3.63) is 65.0 Å². The first kappa shape index (κ1) is 13.9. The van der Waals surface area contributed by atoms with Crippen LogP contribution in [-0.2, 0) is 0 Å². The van der Waals surface area contributed by atoms with E-state index in [0.29, 0.717) is 23.4 Å². The zero-order valence-corrected chi connectivity index (χ0v) is 11.2. The van der Waals surface area contributed by atoms with Crippen LogP contribution < -0.4 is 10.5 Å². The van der Waals surface area contributed by atoms with Crippen LogP contribution in [0.1, 0.15) is 30.0 Å². The summed E-state index contributed by atoms with van der Waals surface area (Å²) >= 11 is 0. The van der Waals surface area contributed by atoms with Crippen molar-refractivity contribution < 1.29 is 17.9 Å². The fraction of sp³-hybridized carbons (Fsp3) is 0.250. The van der Waals surface area contributed by atoms with Gasteiger partial charge in [0.25, 0.3) is 0 Å². The number of hydrogen-bond acceptors (Lipinski definition) is 2. The number of hydrogen-bond donors (Lipinski definition) is 1. The van der Waals surface area contributed by atoms with Gasteiger partial charge in [-0.25, -0.2) is 13.2 Å². The molecule has 1 unspecified atom stereocenters. The standard InChI is InChI=1S/C16H14F3NO/c17-10-7-13(18)15(14(19)8-10)16(20)9-2-1-3-12(6-9)21-11-4-5-11/h1-3,6-8,11,16H,4-5,20H2. The Kier molecular flexibility index (Phi) is 3.59. The van der Waals surface area contributed by atoms with Crippen LogP contribution in [-0.4, -0.2) is 6.10 Å². The smallest absolute Gasteiger partial charge is 0.134 e. The SMILES string of the molecule is NC(c1cccc(OC2CC2)c1)c1c(F)cc(F)cc1F. The lowest BCUT2D eigenvalue weighted by molar-refractivity contribution is 0.303. The highest BCUT2D eigenvalue weighted by Gasteiger charge is 2.24. The number of ether oxygens (including phenoxy) is 1. The second-order valence-electron chi connectivity index (χ2n) is 5.15. The van der Waals surface area contributed by atoms with E-state index in [-0.39, 0.29) is 11.7 Å². The average molecular weight is 293 g/mol. The van der Waals surface area contributed by atoms with E-state index in [0.717, 1.165) is 12.8 Å². The van der Waals surface area contributed by atoms with Crippen molar-refractivity contribution >= 4 is 0 Å². The Bertz CT molecular complexity index is 647. The summed E-state index contributed by atoms with van der Waals surface area (Å²) in [4.78, 5) is 0. The monoisotopic (exact) mass is 293 g/mol. The highest BCUT2D eigenvalue weighted by molar-refractivity contribution is 5.37. The predicted octanol–water partition coefficient (Wildman–Crippen LogP) is 3.69. The third-order valence-corrected chi connectivity index (χ3v) is 3.40. The number of rotatable bonds is 4. The average Bonchev–Trinajstić information content (AvgIpc) is 3.21. The van der Waals surface area contributed by atoms with Gasteiger partial charge in [-0.1, -0.05) is 12.1 Å². The summed E-state index contributed by atoms with van der Waals surface area (Å²) in [6.45, 7) is 0. The molecule has 1 fully saturated rings. The van der Waals surface area contributed by atoms with Gasteiger partial charge < -0.3 is 10.5 Å². The van der Waals surface area contributed by atoms with Crippen molar-refractivity contribution in [3.8, 4) is 5.75 Å². The molecule has 2 N–H and O–H groups in total. The molecule has 110 valence electrons. The van der Waals surface area contributed by atoms with Crippen LogP contribution in [0.2, 0.25) is 0 Å². The van der Waals surface area contributed by atoms with Gasteiger partial charge in [-0.3, -0.25) is 0 Å². The fourth-order valence-corrected chi connectivity index (χ4v) is 2.18. The maximum absolute atomic E-state index is 13.8. The van der Waals surface area contributed by atoms with E-state index in [4.69, 9.17) is 10.5 Å². The highest BCUT2D eigenvalue weighted by atomic mass is 19.1. The lowest BCUT2D eigenvalue weighted by Crippen LogP contribution is -2.16. The molecule has 2 nitrogen and oxygen atoms in total. The molecule has 1 atom stereocenters. The number of nitrogens with two attached hydrogens (primary N) is 1. The Morgan fingerprint density at radius 3 is 2.33 bits per heavy atom. The van der Waals surface area contributed by atoms with Crippen molar-refractivity contribution in [2.45, 2.75) is 25.0 Å². The molecule has 0 spiro atoms. The molecule has 1 aliphatic carbocycles. The van der Waals surface area contributed by atoms with Gasteiger partial charge in [-0.15, -0.1) is 0 Å². The van der Waals surface area contributed by atoms with Crippen molar-refractivity contribution in [1.29, 1.82) is 0 Å². The van der Waals surface area contributed by atoms with Crippen LogP contribution in [0.3, 0.4) is 0 Å². The molecule has 0 bridgehead atoms. The van der Waals surface area contributed by atoms with Gasteiger partial charge in [0.15, 0.2) is 0 Å². The minimum atomic E-state index is -1.02. The van der Waals surface area contributed by atoms with E-state index >= 15 is 0 Å². The summed E-state index contributed by atoms with van der Waals surface area (Å²) in [5.74, 6) is -2.33. The highest BCUT2D eigenvalue weighted by Crippen LogP contribution is 2.30. The zero-order chi connectivity index (χ0) is 15.0. The quantitative estimate of drug-likeness (QED) is 0.933. The van der Waals surface area contributed by atoms with Gasteiger partial charge in [0, 0.05) is 17.7 Å². The number of halogens is 3. The molecule has 0 aromatic heterocycles. The molecule has 3 rings (SSSR count). The Morgan fingerprint density at radius 2 is 1.71 bits per heavy atom. The van der Waals surface area contributed by atoms with Crippen LogP contribution in [0, 0.1) is 17.5 Å². The summed E-state index contributed by atoms with van der Waals surface area (Å²) in [6, 6.07) is 7.04. The molecule has 1 aliphatic rings. The van der Waals surface area contributed by atoms with Gasteiger partial charge in [0.05, 0.1) is 12.1 Å². The van der Waals surface area contributed by atoms with E-state index < -0.39 is 23.5 Å². The molecular formula is C16H14F3NO. The largest absolute Gasteiger partial charge is 0.490 e. The van der Waals surface area contributed by atoms with E-state index in [1.54, 1.807) is 24.3 Å². The van der Waals surface area contributed by atoms with E-state index in [2.05, 4.69) is 0 Å². The minimum absolute atomic E-state index is 0.218. The van der Waals surface area contributed by atoms with Crippen LogP contribution >= 0.6 is 0 Å². The van der Waals surface area contributed by atoms with E-state index in [1.165, 1.54) is 0 Å². The van der Waals surface area contributed by atoms with Gasteiger partial charge in [0.2, 0.25) is 0 Å². The molecule has 0 aliphatic heterocycles. The molecule has 0 saturated heterocycles. The van der Waals surface area contributed by atoms with E-state index in [9.17, 15) is 13.2 Å². The molecule has 21 heavy (non-hydrogen) atoms. The van der Waals surface area contributed by atoms with Gasteiger partial charge in [-0.05, 0) is 30.5 Å². The van der Waals surface area contributed by atoms with Crippen molar-refractivity contribution in [3.63, 3.8) is 0 Å². The third kappa shape index (κ3) is 3.03. The predicted molar refractivity (Wildman–Crippen MR) is 72.4 cm³/mol. The first-order valence-electron chi connectivity index (χ1n) is 6.71. The van der Waals surface area contributed by atoms with Crippen LogP contribution in [0.15, 0.2) is 36.4 Å². The Labute approximate surface area is 120 Å². The maximum Gasteiger partial charge on any atom is 0.134 e. The summed E-state index contributed by atoms with van der Waals surface area (Å²) in [5.41, 5.74) is 6.09. The lowest BCUT2D eigenvalue weighted by Gasteiger charge is -2.16. The van der Waals surface area contributed by atoms with Crippen LogP contribution in [0.5, 0.6) is 5.75 Å². The van der Waals surface area contributed by atoms with Crippen molar-refractivity contribution in [2.24, 2.45) is 5.73 Å². The molecule has 0 radical (unpaired) electrons. The van der Waals surface area contributed by atoms with Crippen molar-refractivity contribution in [2.75, 3.05) is 0 Å². The Balaban J connectivity index is 1.92. The topological polar surface area (TPSA) is 35.2 Å². The molecule has 2 aromatic rings. The third-order valence-electron chi connectivity index (χ3n) is 3.40. The summed E-state index contributed by atoms with van der Waals surface area (Å²) in [7, 11) is 0. The van der Waals surface area contributed by atoms with Crippen LogP contribution in [0.25, 0.3) is 0 Å². The normalized spacial score (nSPS) is 15.8. The van der Waals surface area contributed by atoms with Crippen LogP contribution in [0.4, 0.5) is 13.2 Å². The summed E-state index contributed by atoms with van der Waals surface area (Å²) in [6.07, 6.45) is 2.24. The molecular weight excluding hydrogens is 279 g/mol. The zero-order valence-electron chi connectivity index (χ0n) is 11.2. The maximum atomic E-state index is 13.8. The molecule has 5 heteroatoms. The molecule has 0 amide bonds. The molecule has 2 aromatic carbocycles.